The van der Waals surface area contributed by atoms with E-state index < -0.39 is 6.10 Å². The molecule has 232 valence electrons. The Morgan fingerprint density at radius 1 is 1.00 bits per heavy atom. The molecule has 3 atom stereocenters. The number of fused-ring (bicyclic) bond motifs is 1. The van der Waals surface area contributed by atoms with E-state index in [9.17, 15) is 14.8 Å². The van der Waals surface area contributed by atoms with Crippen molar-refractivity contribution in [3.8, 4) is 28.7 Å². The van der Waals surface area contributed by atoms with Crippen LogP contribution in [0.2, 0.25) is 5.02 Å². The molecule has 0 saturated heterocycles. The average molecular weight is 634 g/mol. The molecule has 0 unspecified atom stereocenters. The van der Waals surface area contributed by atoms with Crippen LogP contribution in [0, 0.1) is 17.1 Å². The van der Waals surface area contributed by atoms with Crippen LogP contribution in [0.4, 0.5) is 4.39 Å². The number of hydrogen-bond acceptors (Lipinski definition) is 6. The molecule has 1 aromatic heterocycles. The molecule has 8 heteroatoms. The van der Waals surface area contributed by atoms with Crippen molar-refractivity contribution in [2.24, 2.45) is 0 Å². The number of aliphatic hydroxyl groups is 1. The number of aliphatic hydroxyl groups excluding tert-OH is 1. The van der Waals surface area contributed by atoms with E-state index in [0.717, 1.165) is 46.2 Å². The summed E-state index contributed by atoms with van der Waals surface area (Å²) in [6, 6.07) is 29.4. The predicted molar refractivity (Wildman–Crippen MR) is 176 cm³/mol. The third kappa shape index (κ3) is 6.90. The normalized spacial score (nSPS) is 15.1. The molecular weight excluding hydrogens is 601 g/mol. The van der Waals surface area contributed by atoms with Gasteiger partial charge in [0.15, 0.2) is 0 Å². The molecule has 0 saturated carbocycles. The molecule has 5 aromatic rings. The second-order valence-corrected chi connectivity index (χ2v) is 11.8. The predicted octanol–water partition coefficient (Wildman–Crippen LogP) is 8.27. The van der Waals surface area contributed by atoms with Gasteiger partial charge in [0.1, 0.15) is 36.1 Å². The Hall–Kier alpha value is -4.74. The van der Waals surface area contributed by atoms with Gasteiger partial charge in [-0.15, -0.1) is 0 Å². The largest absolute Gasteiger partial charge is 0.488 e. The van der Waals surface area contributed by atoms with E-state index in [-0.39, 0.29) is 24.6 Å². The summed E-state index contributed by atoms with van der Waals surface area (Å²) in [7, 11) is 0. The molecular formula is C38H33ClFN3O3. The summed E-state index contributed by atoms with van der Waals surface area (Å²) < 4.78 is 27.5. The third-order valence-electron chi connectivity index (χ3n) is 8.31. The Labute approximate surface area is 273 Å². The van der Waals surface area contributed by atoms with Crippen LogP contribution in [0.5, 0.6) is 11.5 Å². The Bertz CT molecular complexity index is 1880. The summed E-state index contributed by atoms with van der Waals surface area (Å²) in [6.07, 6.45) is 3.65. The minimum Gasteiger partial charge on any atom is -0.488 e. The number of aromatic nitrogens is 1. The average Bonchev–Trinajstić information content (AvgIpc) is 3.50. The fourth-order valence-corrected chi connectivity index (χ4v) is 6.10. The zero-order valence-electron chi connectivity index (χ0n) is 25.3. The van der Waals surface area contributed by atoms with Crippen LogP contribution in [0.25, 0.3) is 11.1 Å². The topological polar surface area (TPSA) is 87.4 Å². The highest BCUT2D eigenvalue weighted by atomic mass is 35.5. The summed E-state index contributed by atoms with van der Waals surface area (Å²) in [4.78, 5) is 4.14. The molecule has 0 aliphatic heterocycles. The number of ether oxygens (including phenoxy) is 2. The SMILES string of the molecule is C[C@@H](NCc1cc(Cl)c(O[C@H]2CCc3c(-c4ccccc4F)cccc32)cc1OCc1cncc(C#N)c1)[C@H](O)c1ccccc1. The first-order chi connectivity index (χ1) is 22.4. The first-order valence-electron chi connectivity index (χ1n) is 15.2. The summed E-state index contributed by atoms with van der Waals surface area (Å²) in [5, 5.41) is 24.0. The standard InChI is InChI=1S/C38H33ClFN3O3/c1-24(38(44)27-8-3-2-4-9-27)43-22-28-17-33(39)37(18-36(28)45-23-26-16-25(19-41)20-42-21-26)46-35-15-14-30-29(11-7-12-32(30)35)31-10-5-6-13-34(31)40/h2-13,16-18,20-21,24,35,38,43-44H,14-15,22-23H2,1H3/t24-,35+,38+/m1/s1. The number of nitrogens with zero attached hydrogens (tertiary/aromatic N) is 2. The van der Waals surface area contributed by atoms with Gasteiger partial charge in [0.25, 0.3) is 0 Å². The van der Waals surface area contributed by atoms with Crippen LogP contribution in [-0.2, 0) is 19.6 Å². The van der Waals surface area contributed by atoms with Gasteiger partial charge in [-0.05, 0) is 60.2 Å². The lowest BCUT2D eigenvalue weighted by Crippen LogP contribution is -2.31. The fourth-order valence-electron chi connectivity index (χ4n) is 5.87. The van der Waals surface area contributed by atoms with Gasteiger partial charge in [-0.2, -0.15) is 5.26 Å². The highest BCUT2D eigenvalue weighted by Crippen LogP contribution is 2.43. The first kappa shape index (κ1) is 31.3. The van der Waals surface area contributed by atoms with Crippen LogP contribution < -0.4 is 14.8 Å². The Balaban J connectivity index is 1.26. The lowest BCUT2D eigenvalue weighted by atomic mass is 9.96. The van der Waals surface area contributed by atoms with Crippen LogP contribution in [-0.4, -0.2) is 16.1 Å². The molecule has 1 aliphatic rings. The van der Waals surface area contributed by atoms with Crippen molar-refractivity contribution in [1.82, 2.24) is 10.3 Å². The van der Waals surface area contributed by atoms with Crippen molar-refractivity contribution >= 4 is 11.6 Å². The zero-order valence-corrected chi connectivity index (χ0v) is 26.0. The van der Waals surface area contributed by atoms with Crippen molar-refractivity contribution < 1.29 is 19.0 Å². The third-order valence-corrected chi connectivity index (χ3v) is 8.61. The molecule has 4 aromatic carbocycles. The van der Waals surface area contributed by atoms with Gasteiger partial charge in [0, 0.05) is 47.7 Å². The Kier molecular flexibility index (Phi) is 9.60. The summed E-state index contributed by atoms with van der Waals surface area (Å²) in [5.74, 6) is 0.764. The molecule has 0 radical (unpaired) electrons. The van der Waals surface area contributed by atoms with Crippen LogP contribution in [0.15, 0.2) is 103 Å². The van der Waals surface area contributed by atoms with E-state index in [2.05, 4.69) is 16.4 Å². The molecule has 1 heterocycles. The molecule has 2 N–H and O–H groups in total. The van der Waals surface area contributed by atoms with Gasteiger partial charge >= 0.3 is 0 Å². The minimum absolute atomic E-state index is 0.178. The maximum Gasteiger partial charge on any atom is 0.142 e. The van der Waals surface area contributed by atoms with Crippen molar-refractivity contribution in [1.29, 1.82) is 5.26 Å². The highest BCUT2D eigenvalue weighted by molar-refractivity contribution is 6.32. The Morgan fingerprint density at radius 2 is 1.78 bits per heavy atom. The van der Waals surface area contributed by atoms with Crippen LogP contribution in [0.3, 0.4) is 0 Å². The molecule has 0 amide bonds. The molecule has 1 aliphatic carbocycles. The molecule has 0 fully saturated rings. The summed E-state index contributed by atoms with van der Waals surface area (Å²) >= 11 is 6.83. The van der Waals surface area contributed by atoms with Gasteiger partial charge in [0.2, 0.25) is 0 Å². The van der Waals surface area contributed by atoms with Gasteiger partial charge in [-0.25, -0.2) is 4.39 Å². The van der Waals surface area contributed by atoms with E-state index in [0.29, 0.717) is 34.2 Å². The first-order valence-corrected chi connectivity index (χ1v) is 15.6. The van der Waals surface area contributed by atoms with Crippen LogP contribution in [0.1, 0.15) is 58.9 Å². The molecule has 6 rings (SSSR count). The summed E-state index contributed by atoms with van der Waals surface area (Å²) in [6.45, 7) is 2.47. The highest BCUT2D eigenvalue weighted by Gasteiger charge is 2.28. The number of pyridine rings is 1. The second-order valence-electron chi connectivity index (χ2n) is 11.4. The fraction of sp³-hybridized carbons (Fsp3) is 0.211. The number of nitrogens with one attached hydrogen (secondary N) is 1. The van der Waals surface area contributed by atoms with Gasteiger partial charge < -0.3 is 19.9 Å². The van der Waals surface area contributed by atoms with Crippen molar-refractivity contribution in [2.45, 2.75) is 51.2 Å². The second kappa shape index (κ2) is 14.1. The molecule has 46 heavy (non-hydrogen) atoms. The van der Waals surface area contributed by atoms with Crippen LogP contribution >= 0.6 is 11.6 Å². The summed E-state index contributed by atoms with van der Waals surface area (Å²) in [5.41, 5.74) is 6.32. The molecule has 0 spiro atoms. The van der Waals surface area contributed by atoms with E-state index in [4.69, 9.17) is 21.1 Å². The number of benzene rings is 4. The van der Waals surface area contributed by atoms with E-state index in [1.807, 2.05) is 67.6 Å². The van der Waals surface area contributed by atoms with Gasteiger partial charge in [-0.3, -0.25) is 4.98 Å². The van der Waals surface area contributed by atoms with E-state index in [1.54, 1.807) is 30.5 Å². The number of hydrogen-bond donors (Lipinski definition) is 2. The quantitative estimate of drug-likeness (QED) is 0.152. The molecule has 6 nitrogen and oxygen atoms in total. The monoisotopic (exact) mass is 633 g/mol. The van der Waals surface area contributed by atoms with E-state index in [1.165, 1.54) is 12.3 Å². The molecule has 0 bridgehead atoms. The van der Waals surface area contributed by atoms with Crippen molar-refractivity contribution in [3.05, 3.63) is 148 Å². The number of halogens is 2. The smallest absolute Gasteiger partial charge is 0.142 e. The Morgan fingerprint density at radius 3 is 2.59 bits per heavy atom. The van der Waals surface area contributed by atoms with Crippen molar-refractivity contribution in [3.63, 3.8) is 0 Å². The maximum absolute atomic E-state index is 14.7. The van der Waals surface area contributed by atoms with Crippen molar-refractivity contribution in [2.75, 3.05) is 0 Å². The van der Waals surface area contributed by atoms with Gasteiger partial charge in [-0.1, -0.05) is 78.3 Å². The maximum atomic E-state index is 14.7. The minimum atomic E-state index is -0.708. The lowest BCUT2D eigenvalue weighted by molar-refractivity contribution is 0.135. The van der Waals surface area contributed by atoms with Gasteiger partial charge in [0.05, 0.1) is 16.7 Å². The number of rotatable bonds is 11. The van der Waals surface area contributed by atoms with E-state index >= 15 is 0 Å². The zero-order chi connectivity index (χ0) is 32.0. The number of nitriles is 1. The lowest BCUT2D eigenvalue weighted by Gasteiger charge is -2.23.